The second-order valence-electron chi connectivity index (χ2n) is 6.35. The molecule has 0 radical (unpaired) electrons. The van der Waals surface area contributed by atoms with Crippen molar-refractivity contribution in [2.75, 3.05) is 27.7 Å². The van der Waals surface area contributed by atoms with Crippen LogP contribution in [0.15, 0.2) is 0 Å². The molecule has 0 N–H and O–H groups in total. The smallest absolute Gasteiger partial charge is 0.223 e. The van der Waals surface area contributed by atoms with Gasteiger partial charge >= 0.3 is 11.9 Å². The van der Waals surface area contributed by atoms with Crippen molar-refractivity contribution in [1.82, 2.24) is 0 Å². The lowest BCUT2D eigenvalue weighted by molar-refractivity contribution is -0.878. The van der Waals surface area contributed by atoms with E-state index in [4.69, 9.17) is 0 Å². The van der Waals surface area contributed by atoms with Gasteiger partial charge in [-0.25, -0.2) is 4.79 Å². The average molecular weight is 256 g/mol. The molecule has 18 heavy (non-hydrogen) atoms. The second-order valence-corrected chi connectivity index (χ2v) is 6.35. The van der Waals surface area contributed by atoms with Gasteiger partial charge in [-0.1, -0.05) is 20.8 Å². The Kier molecular flexibility index (Phi) is 4.34. The third-order valence-electron chi connectivity index (χ3n) is 4.40. The summed E-state index contributed by atoms with van der Waals surface area (Å²) in [5, 5.41) is 0. The summed E-state index contributed by atoms with van der Waals surface area (Å²) < 4.78 is 0.187. The highest BCUT2D eigenvalue weighted by atomic mass is 16.2. The van der Waals surface area contributed by atoms with Crippen molar-refractivity contribution in [3.8, 4) is 0 Å². The van der Waals surface area contributed by atoms with Crippen LogP contribution in [0.3, 0.4) is 0 Å². The molecule has 1 saturated heterocycles. The van der Waals surface area contributed by atoms with E-state index < -0.39 is 0 Å². The minimum Gasteiger partial charge on any atom is -0.223 e. The van der Waals surface area contributed by atoms with E-state index in [1.54, 1.807) is 7.05 Å². The molecule has 4 heteroatoms. The number of likely N-dealkylation sites (N-methyl/N-ethyl adjacent to an activating group) is 2. The van der Waals surface area contributed by atoms with Gasteiger partial charge in [0, 0.05) is 12.3 Å². The molecule has 1 rings (SSSR count). The molecule has 0 saturated carbocycles. The molecule has 3 atom stereocenters. The maximum Gasteiger partial charge on any atom is 0.522 e. The molecular formula is C14H28N2O2+2. The zero-order chi connectivity index (χ0) is 14.1. The van der Waals surface area contributed by atoms with Crippen molar-refractivity contribution in [3.63, 3.8) is 0 Å². The number of hydrogen-bond donors (Lipinski definition) is 0. The highest BCUT2D eigenvalue weighted by molar-refractivity contribution is 5.89. The maximum absolute atomic E-state index is 12.6. The van der Waals surface area contributed by atoms with Crippen LogP contribution in [0.25, 0.3) is 0 Å². The summed E-state index contributed by atoms with van der Waals surface area (Å²) in [6.07, 6.45) is 2.74. The Balaban J connectivity index is 3.08. The Labute approximate surface area is 111 Å². The molecule has 1 heterocycles. The Morgan fingerprint density at radius 1 is 1.17 bits per heavy atom. The first kappa shape index (κ1) is 15.3. The molecule has 0 spiro atoms. The molecular weight excluding hydrogens is 228 g/mol. The van der Waals surface area contributed by atoms with Gasteiger partial charge in [-0.05, 0) is 12.8 Å². The number of nitrogens with zero attached hydrogens (tertiary/aromatic N) is 2. The van der Waals surface area contributed by atoms with Crippen LogP contribution in [0.5, 0.6) is 0 Å². The molecule has 3 unspecified atom stereocenters. The van der Waals surface area contributed by atoms with Crippen molar-refractivity contribution in [3.05, 3.63) is 0 Å². The molecule has 1 aliphatic heterocycles. The minimum absolute atomic E-state index is 0.0212. The number of quaternary nitrogens is 2. The van der Waals surface area contributed by atoms with Crippen LogP contribution in [0.1, 0.15) is 40.0 Å². The molecule has 1 aliphatic rings. The molecule has 1 fully saturated rings. The number of rotatable bonds is 5. The van der Waals surface area contributed by atoms with Crippen LogP contribution in [-0.2, 0) is 4.79 Å². The van der Waals surface area contributed by atoms with Crippen LogP contribution >= 0.6 is 0 Å². The van der Waals surface area contributed by atoms with Gasteiger partial charge in [0.2, 0.25) is 6.04 Å². The minimum atomic E-state index is -0.170. The van der Waals surface area contributed by atoms with E-state index in [1.165, 1.54) is 0 Å². The van der Waals surface area contributed by atoms with E-state index >= 15 is 0 Å². The van der Waals surface area contributed by atoms with E-state index in [2.05, 4.69) is 20.8 Å². The van der Waals surface area contributed by atoms with Crippen LogP contribution < -0.4 is 0 Å². The van der Waals surface area contributed by atoms with Gasteiger partial charge < -0.3 is 0 Å². The van der Waals surface area contributed by atoms with Gasteiger partial charge in [-0.2, -0.15) is 9.28 Å². The van der Waals surface area contributed by atoms with E-state index in [1.807, 2.05) is 14.1 Å². The molecule has 4 nitrogen and oxygen atoms in total. The van der Waals surface area contributed by atoms with Gasteiger partial charge in [-0.15, -0.1) is 4.48 Å². The lowest BCUT2D eigenvalue weighted by Crippen LogP contribution is -2.55. The maximum atomic E-state index is 12.6. The Morgan fingerprint density at radius 2 is 1.72 bits per heavy atom. The first-order valence-electron chi connectivity index (χ1n) is 7.00. The van der Waals surface area contributed by atoms with Crippen LogP contribution in [0, 0.1) is 5.92 Å². The normalized spacial score (nSPS) is 32.9. The first-order chi connectivity index (χ1) is 8.21. The molecule has 0 bridgehead atoms. The molecule has 0 aromatic rings. The largest absolute Gasteiger partial charge is 0.522 e. The number of carbonyl (C=O) groups excluding carboxylic acids is 2. The van der Waals surface area contributed by atoms with E-state index in [-0.39, 0.29) is 26.9 Å². The van der Waals surface area contributed by atoms with Gasteiger partial charge in [0.15, 0.2) is 0 Å². The van der Waals surface area contributed by atoms with Crippen LogP contribution in [0.4, 0.5) is 4.79 Å². The molecule has 104 valence electrons. The summed E-state index contributed by atoms with van der Waals surface area (Å²) in [6, 6.07) is -0.129. The highest BCUT2D eigenvalue weighted by Crippen LogP contribution is 2.32. The number of hydrogen-bond acceptors (Lipinski definition) is 2. The van der Waals surface area contributed by atoms with Gasteiger partial charge in [0.05, 0.1) is 21.1 Å². The summed E-state index contributed by atoms with van der Waals surface area (Å²) >= 11 is 0. The summed E-state index contributed by atoms with van der Waals surface area (Å²) in [6.45, 7) is 6.91. The summed E-state index contributed by atoms with van der Waals surface area (Å²) in [4.78, 5) is 25.2. The summed E-state index contributed by atoms with van der Waals surface area (Å²) in [7, 11) is 5.55. The van der Waals surface area contributed by atoms with Gasteiger partial charge in [0.1, 0.15) is 6.54 Å². The Morgan fingerprint density at radius 3 is 2.17 bits per heavy atom. The van der Waals surface area contributed by atoms with Crippen molar-refractivity contribution in [1.29, 1.82) is 0 Å². The van der Waals surface area contributed by atoms with Crippen molar-refractivity contribution < 1.29 is 18.6 Å². The zero-order valence-corrected chi connectivity index (χ0v) is 12.7. The third-order valence-corrected chi connectivity index (χ3v) is 4.40. The second kappa shape index (κ2) is 5.10. The zero-order valence-electron chi connectivity index (χ0n) is 12.7. The van der Waals surface area contributed by atoms with E-state index in [0.717, 1.165) is 19.3 Å². The SMILES string of the molecule is CCCC1C(=O)[N+](C)(CC(C)CC)C(=O)[N+]1(C)C. The topological polar surface area (TPSA) is 34.1 Å². The van der Waals surface area contributed by atoms with Crippen molar-refractivity contribution >= 4 is 11.9 Å². The predicted molar refractivity (Wildman–Crippen MR) is 71.7 cm³/mol. The third kappa shape index (κ3) is 2.24. The van der Waals surface area contributed by atoms with Gasteiger partial charge in [-0.3, -0.25) is 0 Å². The Bertz CT molecular complexity index is 352. The highest BCUT2D eigenvalue weighted by Gasteiger charge is 2.66. The van der Waals surface area contributed by atoms with Gasteiger partial charge in [0.25, 0.3) is 0 Å². The standard InChI is InChI=1S/C14H28N2O2/c1-7-9-12-13(17)16(6,10-11(3)8-2)14(18)15(12,4)5/h11-12H,7-10H2,1-6H3/q+2. The Hall–Kier alpha value is -0.740. The molecule has 0 aromatic carbocycles. The van der Waals surface area contributed by atoms with E-state index in [9.17, 15) is 9.59 Å². The lowest BCUT2D eigenvalue weighted by atomic mass is 10.1. The monoisotopic (exact) mass is 256 g/mol. The van der Waals surface area contributed by atoms with Crippen LogP contribution in [0.2, 0.25) is 0 Å². The van der Waals surface area contributed by atoms with E-state index in [0.29, 0.717) is 12.5 Å². The number of carbonyl (C=O) groups is 2. The first-order valence-corrected chi connectivity index (χ1v) is 7.00. The lowest BCUT2D eigenvalue weighted by Gasteiger charge is -2.25. The quantitative estimate of drug-likeness (QED) is 0.559. The fraction of sp³-hybridized carbons (Fsp3) is 0.857. The number of amides is 3. The van der Waals surface area contributed by atoms with Crippen molar-refractivity contribution in [2.24, 2.45) is 5.92 Å². The van der Waals surface area contributed by atoms with Crippen molar-refractivity contribution in [2.45, 2.75) is 46.1 Å². The fourth-order valence-electron chi connectivity index (χ4n) is 3.04. The summed E-state index contributed by atoms with van der Waals surface area (Å²) in [5.41, 5.74) is 0. The average Bonchev–Trinajstić information content (AvgIpc) is 2.43. The number of urea groups is 1. The molecule has 0 aromatic heterocycles. The molecule has 3 amide bonds. The molecule has 0 aliphatic carbocycles. The number of imide groups is 1. The fourth-order valence-corrected chi connectivity index (χ4v) is 3.04. The predicted octanol–water partition coefficient (Wildman–Crippen LogP) is 2.38. The summed E-state index contributed by atoms with van der Waals surface area (Å²) in [5.74, 6) is 0.496. The van der Waals surface area contributed by atoms with Crippen LogP contribution in [-0.4, -0.2) is 54.6 Å².